The molecule has 1 N–H and O–H groups in total. The van der Waals surface area contributed by atoms with E-state index < -0.39 is 11.9 Å². The highest BCUT2D eigenvalue weighted by Crippen LogP contribution is 2.20. The third kappa shape index (κ3) is 5.64. The second-order valence-corrected chi connectivity index (χ2v) is 8.28. The topological polar surface area (TPSA) is 52.7 Å². The molecule has 0 radical (unpaired) electrons. The number of aryl methyl sites for hydroxylation is 1. The molecule has 0 aliphatic carbocycles. The molecule has 2 amide bonds. The number of amides is 2. The number of carbonyl (C=O) groups is 2. The standard InChI is InChI=1S/C22H25BrFN3O2/c1-15-3-5-17(6-4-15)13-21(28)27-11-9-26(10-12-27)16(2)22(29)25-20-8-7-18(23)14-19(20)24/h3-8,14,16H,9-13H2,1-2H3,(H,25,29). The van der Waals surface area contributed by atoms with Crippen LogP contribution in [0, 0.1) is 12.7 Å². The van der Waals surface area contributed by atoms with Crippen LogP contribution in [-0.4, -0.2) is 53.8 Å². The van der Waals surface area contributed by atoms with Crippen LogP contribution in [0.3, 0.4) is 0 Å². The second kappa shape index (κ2) is 9.50. The Hall–Kier alpha value is -2.25. The van der Waals surface area contributed by atoms with Crippen LogP contribution in [0.1, 0.15) is 18.1 Å². The number of carbonyl (C=O) groups excluding carboxylic acids is 2. The molecule has 154 valence electrons. The lowest BCUT2D eigenvalue weighted by Gasteiger charge is -2.37. The number of hydrogen-bond donors (Lipinski definition) is 1. The van der Waals surface area contributed by atoms with Crippen molar-refractivity contribution in [3.05, 3.63) is 63.9 Å². The van der Waals surface area contributed by atoms with Crippen LogP contribution >= 0.6 is 15.9 Å². The molecule has 0 spiro atoms. The number of nitrogens with one attached hydrogen (secondary N) is 1. The monoisotopic (exact) mass is 461 g/mol. The molecule has 2 aromatic carbocycles. The Kier molecular flexibility index (Phi) is 7.03. The molecule has 2 aromatic rings. The Balaban J connectivity index is 1.50. The summed E-state index contributed by atoms with van der Waals surface area (Å²) in [4.78, 5) is 28.9. The number of nitrogens with zero attached hydrogens (tertiary/aromatic N) is 2. The summed E-state index contributed by atoms with van der Waals surface area (Å²) in [6, 6.07) is 12.1. The maximum atomic E-state index is 14.0. The average molecular weight is 462 g/mol. The highest BCUT2D eigenvalue weighted by molar-refractivity contribution is 9.10. The van der Waals surface area contributed by atoms with E-state index in [2.05, 4.69) is 21.2 Å². The van der Waals surface area contributed by atoms with Gasteiger partial charge in [-0.25, -0.2) is 4.39 Å². The number of hydrogen-bond acceptors (Lipinski definition) is 3. The summed E-state index contributed by atoms with van der Waals surface area (Å²) >= 11 is 3.20. The largest absolute Gasteiger partial charge is 0.340 e. The van der Waals surface area contributed by atoms with Gasteiger partial charge in [0, 0.05) is 30.7 Å². The summed E-state index contributed by atoms with van der Waals surface area (Å²) in [5.74, 6) is -0.639. The summed E-state index contributed by atoms with van der Waals surface area (Å²) in [5.41, 5.74) is 2.34. The molecule has 1 aliphatic heterocycles. The van der Waals surface area contributed by atoms with Crippen LogP contribution in [0.4, 0.5) is 10.1 Å². The zero-order valence-electron chi connectivity index (χ0n) is 16.6. The van der Waals surface area contributed by atoms with Crippen molar-refractivity contribution >= 4 is 33.4 Å². The van der Waals surface area contributed by atoms with Crippen LogP contribution in [0.15, 0.2) is 46.9 Å². The summed E-state index contributed by atoms with van der Waals surface area (Å²) in [7, 11) is 0. The molecular weight excluding hydrogens is 437 g/mol. The number of benzene rings is 2. The van der Waals surface area contributed by atoms with Gasteiger partial charge >= 0.3 is 0 Å². The number of rotatable bonds is 5. The fourth-order valence-electron chi connectivity index (χ4n) is 3.34. The van der Waals surface area contributed by atoms with E-state index in [4.69, 9.17) is 0 Å². The zero-order chi connectivity index (χ0) is 21.0. The fourth-order valence-corrected chi connectivity index (χ4v) is 3.68. The fraction of sp³-hybridized carbons (Fsp3) is 0.364. The quantitative estimate of drug-likeness (QED) is 0.739. The molecular formula is C22H25BrFN3O2. The highest BCUT2D eigenvalue weighted by atomic mass is 79.9. The molecule has 1 heterocycles. The van der Waals surface area contributed by atoms with Crippen molar-refractivity contribution in [3.63, 3.8) is 0 Å². The average Bonchev–Trinajstić information content (AvgIpc) is 2.71. The van der Waals surface area contributed by atoms with Crippen LogP contribution in [-0.2, 0) is 16.0 Å². The normalized spacial score (nSPS) is 15.8. The van der Waals surface area contributed by atoms with Gasteiger partial charge in [0.1, 0.15) is 5.82 Å². The van der Waals surface area contributed by atoms with Gasteiger partial charge in [-0.15, -0.1) is 0 Å². The zero-order valence-corrected chi connectivity index (χ0v) is 18.2. The first kappa shape index (κ1) is 21.5. The van der Waals surface area contributed by atoms with Crippen LogP contribution in [0.25, 0.3) is 0 Å². The first-order valence-electron chi connectivity index (χ1n) is 9.67. The van der Waals surface area contributed by atoms with Gasteiger partial charge < -0.3 is 10.2 Å². The molecule has 1 fully saturated rings. The molecule has 5 nitrogen and oxygen atoms in total. The van der Waals surface area contributed by atoms with Crippen molar-refractivity contribution in [3.8, 4) is 0 Å². The maximum Gasteiger partial charge on any atom is 0.241 e. The molecule has 3 rings (SSSR count). The van der Waals surface area contributed by atoms with Gasteiger partial charge in [-0.05, 0) is 37.6 Å². The van der Waals surface area contributed by atoms with E-state index in [0.29, 0.717) is 37.1 Å². The van der Waals surface area contributed by atoms with E-state index >= 15 is 0 Å². The minimum atomic E-state index is -0.480. The molecule has 0 saturated carbocycles. The highest BCUT2D eigenvalue weighted by Gasteiger charge is 2.27. The van der Waals surface area contributed by atoms with Crippen molar-refractivity contribution in [1.29, 1.82) is 0 Å². The van der Waals surface area contributed by atoms with Crippen molar-refractivity contribution in [2.75, 3.05) is 31.5 Å². The number of piperazine rings is 1. The minimum absolute atomic E-state index is 0.0996. The first-order chi connectivity index (χ1) is 13.8. The summed E-state index contributed by atoms with van der Waals surface area (Å²) in [6.07, 6.45) is 0.388. The molecule has 7 heteroatoms. The van der Waals surface area contributed by atoms with Gasteiger partial charge in [0.2, 0.25) is 11.8 Å². The van der Waals surface area contributed by atoms with E-state index in [1.165, 1.54) is 17.7 Å². The van der Waals surface area contributed by atoms with Gasteiger partial charge in [-0.2, -0.15) is 0 Å². The minimum Gasteiger partial charge on any atom is -0.340 e. The molecule has 1 unspecified atom stereocenters. The lowest BCUT2D eigenvalue weighted by molar-refractivity contribution is -0.133. The molecule has 1 aliphatic rings. The van der Waals surface area contributed by atoms with Gasteiger partial charge in [0.05, 0.1) is 18.2 Å². The van der Waals surface area contributed by atoms with E-state index in [1.54, 1.807) is 13.0 Å². The lowest BCUT2D eigenvalue weighted by atomic mass is 10.1. The lowest BCUT2D eigenvalue weighted by Crippen LogP contribution is -2.54. The van der Waals surface area contributed by atoms with Gasteiger partial charge in [-0.1, -0.05) is 45.8 Å². The molecule has 1 atom stereocenters. The van der Waals surface area contributed by atoms with Crippen molar-refractivity contribution in [2.45, 2.75) is 26.3 Å². The molecule has 0 bridgehead atoms. The van der Waals surface area contributed by atoms with E-state index in [0.717, 1.165) is 5.56 Å². The Bertz CT molecular complexity index is 880. The van der Waals surface area contributed by atoms with Gasteiger partial charge in [0.25, 0.3) is 0 Å². The summed E-state index contributed by atoms with van der Waals surface area (Å²) in [5, 5.41) is 2.65. The number of anilines is 1. The van der Waals surface area contributed by atoms with E-state index in [1.807, 2.05) is 41.0 Å². The molecule has 0 aromatic heterocycles. The van der Waals surface area contributed by atoms with Crippen molar-refractivity contribution in [1.82, 2.24) is 9.80 Å². The van der Waals surface area contributed by atoms with Crippen LogP contribution < -0.4 is 5.32 Å². The Morgan fingerprint density at radius 3 is 2.38 bits per heavy atom. The van der Waals surface area contributed by atoms with Crippen LogP contribution in [0.2, 0.25) is 0 Å². The maximum absolute atomic E-state index is 14.0. The Labute approximate surface area is 179 Å². The van der Waals surface area contributed by atoms with Gasteiger partial charge in [0.15, 0.2) is 0 Å². The number of halogens is 2. The predicted molar refractivity (Wildman–Crippen MR) is 115 cm³/mol. The Morgan fingerprint density at radius 1 is 1.10 bits per heavy atom. The van der Waals surface area contributed by atoms with E-state index in [-0.39, 0.29) is 17.5 Å². The second-order valence-electron chi connectivity index (χ2n) is 7.37. The predicted octanol–water partition coefficient (Wildman–Crippen LogP) is 3.61. The third-order valence-electron chi connectivity index (χ3n) is 5.26. The Morgan fingerprint density at radius 2 is 1.76 bits per heavy atom. The summed E-state index contributed by atoms with van der Waals surface area (Å²) in [6.45, 7) is 6.20. The first-order valence-corrected chi connectivity index (χ1v) is 10.5. The van der Waals surface area contributed by atoms with Crippen molar-refractivity contribution < 1.29 is 14.0 Å². The molecule has 1 saturated heterocycles. The SMILES string of the molecule is Cc1ccc(CC(=O)N2CCN(C(C)C(=O)Nc3ccc(Br)cc3F)CC2)cc1. The molecule has 29 heavy (non-hydrogen) atoms. The summed E-state index contributed by atoms with van der Waals surface area (Å²) < 4.78 is 14.6. The third-order valence-corrected chi connectivity index (χ3v) is 5.75. The van der Waals surface area contributed by atoms with Crippen molar-refractivity contribution in [2.24, 2.45) is 0 Å². The van der Waals surface area contributed by atoms with Crippen LogP contribution in [0.5, 0.6) is 0 Å². The van der Waals surface area contributed by atoms with Gasteiger partial charge in [-0.3, -0.25) is 14.5 Å². The smallest absolute Gasteiger partial charge is 0.241 e. The van der Waals surface area contributed by atoms with E-state index in [9.17, 15) is 14.0 Å².